The van der Waals surface area contributed by atoms with Crippen LogP contribution in [0.2, 0.25) is 0 Å². The van der Waals surface area contributed by atoms with E-state index in [1.54, 1.807) is 14.7 Å². The Hall–Kier alpha value is -3.18. The zero-order valence-electron chi connectivity index (χ0n) is 16.6. The van der Waals surface area contributed by atoms with Gasteiger partial charge in [0.1, 0.15) is 0 Å². The molecule has 3 aliphatic heterocycles. The summed E-state index contributed by atoms with van der Waals surface area (Å²) in [5.41, 5.74) is -1.72. The van der Waals surface area contributed by atoms with Crippen LogP contribution in [0.3, 0.4) is 0 Å². The molecule has 3 saturated heterocycles. The van der Waals surface area contributed by atoms with Gasteiger partial charge in [0, 0.05) is 39.3 Å². The maximum Gasteiger partial charge on any atom is 0.330 e. The Morgan fingerprint density at radius 2 is 0.667 bits per heavy atom. The normalized spacial score (nSPS) is 19.0. The van der Waals surface area contributed by atoms with E-state index in [2.05, 4.69) is 0 Å². The molecule has 0 radical (unpaired) electrons. The predicted octanol–water partition coefficient (Wildman–Crippen LogP) is 3.21. The molecule has 12 nitrogen and oxygen atoms in total. The number of anilines is 3. The Morgan fingerprint density at radius 1 is 0.467 bits per heavy atom. The minimum Gasteiger partial charge on any atom is -0.360 e. The zero-order valence-corrected chi connectivity index (χ0v) is 16.6. The average Bonchev–Trinajstić information content (AvgIpc) is 3.48. The third kappa shape index (κ3) is 3.25. The van der Waals surface area contributed by atoms with Crippen molar-refractivity contribution < 1.29 is 14.8 Å². The van der Waals surface area contributed by atoms with Gasteiger partial charge in [0.05, 0.1) is 14.8 Å². The molecule has 1 aromatic carbocycles. The number of hydrogen-bond donors (Lipinski definition) is 0. The van der Waals surface area contributed by atoms with Gasteiger partial charge in [0.15, 0.2) is 17.1 Å². The second kappa shape index (κ2) is 7.92. The van der Waals surface area contributed by atoms with Crippen molar-refractivity contribution in [3.8, 4) is 0 Å². The number of nitrogens with zero attached hydrogens (tertiary/aromatic N) is 6. The highest BCUT2D eigenvalue weighted by molar-refractivity contribution is 6.01. The van der Waals surface area contributed by atoms with Gasteiger partial charge >= 0.3 is 17.1 Å². The summed E-state index contributed by atoms with van der Waals surface area (Å²) < 4.78 is 0. The van der Waals surface area contributed by atoms with Gasteiger partial charge in [0.25, 0.3) is 0 Å². The maximum absolute atomic E-state index is 12.2. The molecule has 0 N–H and O–H groups in total. The third-order valence-corrected chi connectivity index (χ3v) is 6.16. The van der Waals surface area contributed by atoms with E-state index < -0.39 is 31.8 Å². The first-order valence-electron chi connectivity index (χ1n) is 10.3. The molecule has 0 spiro atoms. The van der Waals surface area contributed by atoms with Gasteiger partial charge in [-0.05, 0) is 38.5 Å². The SMILES string of the molecule is O=[N+]([O-])c1c(N2CCCC2)c([N+](=O)[O-])c(N2CCCC2)c([N+](=O)[O-])c1N1CCCC1. The van der Waals surface area contributed by atoms with Gasteiger partial charge in [0.2, 0.25) is 0 Å². The summed E-state index contributed by atoms with van der Waals surface area (Å²) in [5, 5.41) is 36.7. The van der Waals surface area contributed by atoms with Crippen LogP contribution in [0.5, 0.6) is 0 Å². The molecule has 3 aliphatic rings. The van der Waals surface area contributed by atoms with Crippen LogP contribution in [0, 0.1) is 30.3 Å². The van der Waals surface area contributed by atoms with Crippen LogP contribution in [0.25, 0.3) is 0 Å². The van der Waals surface area contributed by atoms with Crippen LogP contribution in [-0.2, 0) is 0 Å². The first kappa shape index (κ1) is 20.1. The second-order valence-corrected chi connectivity index (χ2v) is 7.95. The zero-order chi connectivity index (χ0) is 21.4. The number of nitro benzene ring substituents is 3. The van der Waals surface area contributed by atoms with E-state index in [1.807, 2.05) is 0 Å². The molecule has 0 aromatic heterocycles. The molecule has 1 aromatic rings. The Labute approximate surface area is 172 Å². The molecule has 0 bridgehead atoms. The van der Waals surface area contributed by atoms with Gasteiger partial charge in [-0.1, -0.05) is 0 Å². The molecule has 3 fully saturated rings. The molecule has 0 aliphatic carbocycles. The number of rotatable bonds is 6. The molecule has 0 saturated carbocycles. The third-order valence-electron chi connectivity index (χ3n) is 6.16. The van der Waals surface area contributed by atoms with E-state index in [1.165, 1.54) is 0 Å². The fraction of sp³-hybridized carbons (Fsp3) is 0.667. The van der Waals surface area contributed by atoms with Crippen LogP contribution in [0.15, 0.2) is 0 Å². The van der Waals surface area contributed by atoms with Crippen LogP contribution >= 0.6 is 0 Å². The molecule has 30 heavy (non-hydrogen) atoms. The number of nitro groups is 3. The monoisotopic (exact) mass is 420 g/mol. The van der Waals surface area contributed by atoms with Crippen LogP contribution in [-0.4, -0.2) is 54.0 Å². The van der Waals surface area contributed by atoms with Crippen molar-refractivity contribution >= 4 is 34.1 Å². The van der Waals surface area contributed by atoms with Crippen LogP contribution in [0.4, 0.5) is 34.1 Å². The van der Waals surface area contributed by atoms with Gasteiger partial charge < -0.3 is 14.7 Å². The summed E-state index contributed by atoms with van der Waals surface area (Å²) in [4.78, 5) is 39.7. The summed E-state index contributed by atoms with van der Waals surface area (Å²) in [5.74, 6) is 0. The average molecular weight is 420 g/mol. The van der Waals surface area contributed by atoms with E-state index in [0.29, 0.717) is 39.3 Å². The fourth-order valence-corrected chi connectivity index (χ4v) is 4.91. The lowest BCUT2D eigenvalue weighted by molar-refractivity contribution is -0.399. The number of benzene rings is 1. The molecule has 3 heterocycles. The van der Waals surface area contributed by atoms with Gasteiger partial charge in [-0.15, -0.1) is 0 Å². The highest BCUT2D eigenvalue weighted by Crippen LogP contribution is 2.57. The Balaban J connectivity index is 2.13. The molecule has 162 valence electrons. The topological polar surface area (TPSA) is 139 Å². The number of hydrogen-bond acceptors (Lipinski definition) is 9. The standard InChI is InChI=1S/C18H24N6O6/c25-22(26)16-13(19-7-1-2-8-19)17(23(27)28)15(21-11-5-6-12-21)18(24(29)30)14(16)20-9-3-4-10-20/h1-12H2. The lowest BCUT2D eigenvalue weighted by Gasteiger charge is -2.27. The predicted molar refractivity (Wildman–Crippen MR) is 111 cm³/mol. The quantitative estimate of drug-likeness (QED) is 0.501. The van der Waals surface area contributed by atoms with Crippen molar-refractivity contribution in [2.45, 2.75) is 38.5 Å². The molecular weight excluding hydrogens is 396 g/mol. The minimum atomic E-state index is -0.672. The largest absolute Gasteiger partial charge is 0.360 e. The summed E-state index contributed by atoms with van der Waals surface area (Å²) in [7, 11) is 0. The molecule has 0 atom stereocenters. The Kier molecular flexibility index (Phi) is 5.31. The summed E-state index contributed by atoms with van der Waals surface area (Å²) >= 11 is 0. The highest BCUT2D eigenvalue weighted by Gasteiger charge is 2.48. The van der Waals surface area contributed by atoms with Gasteiger partial charge in [-0.3, -0.25) is 30.3 Å². The molecule has 4 rings (SSSR count). The van der Waals surface area contributed by atoms with Gasteiger partial charge in [-0.25, -0.2) is 0 Å². The lowest BCUT2D eigenvalue weighted by Crippen LogP contribution is -2.28. The van der Waals surface area contributed by atoms with E-state index in [0.717, 1.165) is 38.5 Å². The highest BCUT2D eigenvalue weighted by atomic mass is 16.6. The summed E-state index contributed by atoms with van der Waals surface area (Å²) in [6.45, 7) is 2.74. The first-order valence-corrected chi connectivity index (χ1v) is 10.3. The molecule has 0 amide bonds. The fourth-order valence-electron chi connectivity index (χ4n) is 4.91. The smallest absolute Gasteiger partial charge is 0.330 e. The van der Waals surface area contributed by atoms with Crippen molar-refractivity contribution in [2.75, 3.05) is 54.0 Å². The van der Waals surface area contributed by atoms with E-state index in [9.17, 15) is 30.3 Å². The lowest BCUT2D eigenvalue weighted by atomic mass is 10.1. The van der Waals surface area contributed by atoms with Crippen LogP contribution < -0.4 is 14.7 Å². The van der Waals surface area contributed by atoms with E-state index in [4.69, 9.17) is 0 Å². The molecule has 12 heteroatoms. The molecular formula is C18H24N6O6. The van der Waals surface area contributed by atoms with Crippen molar-refractivity contribution in [1.82, 2.24) is 0 Å². The Morgan fingerprint density at radius 3 is 0.833 bits per heavy atom. The van der Waals surface area contributed by atoms with Crippen molar-refractivity contribution in [2.24, 2.45) is 0 Å². The van der Waals surface area contributed by atoms with E-state index in [-0.39, 0.29) is 17.1 Å². The maximum atomic E-state index is 12.2. The second-order valence-electron chi connectivity index (χ2n) is 7.95. The Bertz CT molecular complexity index is 752. The summed E-state index contributed by atoms with van der Waals surface area (Å²) in [6.07, 6.45) is 4.60. The van der Waals surface area contributed by atoms with Crippen molar-refractivity contribution in [3.05, 3.63) is 30.3 Å². The molecule has 0 unspecified atom stereocenters. The first-order chi connectivity index (χ1) is 14.4. The van der Waals surface area contributed by atoms with Gasteiger partial charge in [-0.2, -0.15) is 0 Å². The van der Waals surface area contributed by atoms with Crippen LogP contribution in [0.1, 0.15) is 38.5 Å². The van der Waals surface area contributed by atoms with Crippen molar-refractivity contribution in [3.63, 3.8) is 0 Å². The minimum absolute atomic E-state index is 0.0723. The summed E-state index contributed by atoms with van der Waals surface area (Å²) in [6, 6.07) is 0. The van der Waals surface area contributed by atoms with Crippen molar-refractivity contribution in [1.29, 1.82) is 0 Å². The van der Waals surface area contributed by atoms with E-state index >= 15 is 0 Å².